The summed E-state index contributed by atoms with van der Waals surface area (Å²) in [6, 6.07) is 14.3. The van der Waals surface area contributed by atoms with E-state index >= 15 is 0 Å². The lowest BCUT2D eigenvalue weighted by atomic mass is 9.68. The zero-order valence-electron chi connectivity index (χ0n) is 22.0. The minimum Gasteiger partial charge on any atom is -0.508 e. The molecule has 0 bridgehead atoms. The van der Waals surface area contributed by atoms with Gasteiger partial charge in [0.25, 0.3) is 5.69 Å². The Hall–Kier alpha value is -4.48. The first kappa shape index (κ1) is 28.1. The Kier molecular flexibility index (Phi) is 7.18. The van der Waals surface area contributed by atoms with Gasteiger partial charge in [-0.2, -0.15) is 0 Å². The molecule has 1 saturated heterocycles. The Bertz CT molecular complexity index is 1540. The highest BCUT2D eigenvalue weighted by molar-refractivity contribution is 6.30. The number of para-hydroxylation sites is 1. The third kappa shape index (κ3) is 4.20. The first-order chi connectivity index (χ1) is 19.6. The van der Waals surface area contributed by atoms with Gasteiger partial charge in [0.2, 0.25) is 16.9 Å². The highest BCUT2D eigenvalue weighted by Gasteiger charge is 2.77. The summed E-state index contributed by atoms with van der Waals surface area (Å²) in [4.78, 5) is 53.4. The standard InChI is InChI=1S/C29H25ClN2O9/c1-3-39-26(35)28(27(36)40-4-2)23(16-9-11-17(30)12-10-16)29(25(34)19-7-5-6-8-22(19)41-29)24(31-28)20-15-18(32(37)38)13-14-21(20)33/h5-15,23-24,31,33H,3-4H2,1-2H3/t23-,24-,29-/m1/s1. The number of phenols is 1. The van der Waals surface area contributed by atoms with Crippen molar-refractivity contribution in [1.82, 2.24) is 5.32 Å². The molecule has 3 aromatic carbocycles. The molecule has 0 radical (unpaired) electrons. The predicted octanol–water partition coefficient (Wildman–Crippen LogP) is 4.26. The van der Waals surface area contributed by atoms with Crippen LogP contribution in [0.5, 0.6) is 11.5 Å². The fourth-order valence-corrected chi connectivity index (χ4v) is 5.87. The maximum atomic E-state index is 14.5. The normalized spacial score (nSPS) is 22.2. The van der Waals surface area contributed by atoms with E-state index < -0.39 is 57.2 Å². The van der Waals surface area contributed by atoms with Crippen LogP contribution in [0.4, 0.5) is 5.69 Å². The number of non-ortho nitro benzene ring substituents is 1. The Balaban J connectivity index is 1.89. The predicted molar refractivity (Wildman–Crippen MR) is 145 cm³/mol. The number of aromatic hydroxyl groups is 1. The number of ether oxygens (including phenoxy) is 3. The molecule has 0 saturated carbocycles. The van der Waals surface area contributed by atoms with Crippen molar-refractivity contribution in [2.45, 2.75) is 36.9 Å². The van der Waals surface area contributed by atoms with Crippen LogP contribution >= 0.6 is 11.6 Å². The highest BCUT2D eigenvalue weighted by atomic mass is 35.5. The molecule has 2 N–H and O–H groups in total. The number of benzene rings is 3. The average Bonchev–Trinajstić information content (AvgIpc) is 3.42. The van der Waals surface area contributed by atoms with Crippen LogP contribution in [0, 0.1) is 10.1 Å². The van der Waals surface area contributed by atoms with Crippen molar-refractivity contribution in [3.8, 4) is 11.5 Å². The molecule has 41 heavy (non-hydrogen) atoms. The molecule has 1 fully saturated rings. The van der Waals surface area contributed by atoms with Gasteiger partial charge in [0.1, 0.15) is 11.5 Å². The van der Waals surface area contributed by atoms with Gasteiger partial charge in [-0.05, 0) is 49.7 Å². The largest absolute Gasteiger partial charge is 0.508 e. The summed E-state index contributed by atoms with van der Waals surface area (Å²) in [6.45, 7) is 2.86. The fraction of sp³-hybridized carbons (Fsp3) is 0.276. The van der Waals surface area contributed by atoms with E-state index in [0.717, 1.165) is 18.2 Å². The van der Waals surface area contributed by atoms with Crippen LogP contribution < -0.4 is 10.1 Å². The zero-order valence-corrected chi connectivity index (χ0v) is 22.7. The van der Waals surface area contributed by atoms with Gasteiger partial charge in [-0.3, -0.25) is 20.2 Å². The Morgan fingerprint density at radius 1 is 1.05 bits per heavy atom. The van der Waals surface area contributed by atoms with Gasteiger partial charge in [0, 0.05) is 22.7 Å². The topological polar surface area (TPSA) is 154 Å². The van der Waals surface area contributed by atoms with Gasteiger partial charge in [-0.25, -0.2) is 9.59 Å². The molecule has 2 heterocycles. The molecule has 1 spiro atoms. The van der Waals surface area contributed by atoms with Gasteiger partial charge in [0.05, 0.1) is 35.7 Å². The van der Waals surface area contributed by atoms with E-state index in [1.54, 1.807) is 44.2 Å². The van der Waals surface area contributed by atoms with Crippen LogP contribution in [0.15, 0.2) is 66.7 Å². The van der Waals surface area contributed by atoms with Crippen molar-refractivity contribution >= 4 is 35.0 Å². The molecule has 0 aromatic heterocycles. The van der Waals surface area contributed by atoms with Crippen LogP contribution in [-0.2, 0) is 19.1 Å². The molecule has 0 amide bonds. The van der Waals surface area contributed by atoms with Crippen LogP contribution in [0.25, 0.3) is 0 Å². The molecule has 0 aliphatic carbocycles. The van der Waals surface area contributed by atoms with E-state index in [1.165, 1.54) is 18.2 Å². The van der Waals surface area contributed by atoms with Crippen molar-refractivity contribution in [3.05, 3.63) is 98.6 Å². The molecular formula is C29H25ClN2O9. The number of fused-ring (bicyclic) bond motifs is 1. The van der Waals surface area contributed by atoms with E-state index in [2.05, 4.69) is 5.32 Å². The number of nitrogens with one attached hydrogen (secondary N) is 1. The number of ketones is 1. The van der Waals surface area contributed by atoms with E-state index in [4.69, 9.17) is 25.8 Å². The van der Waals surface area contributed by atoms with Crippen molar-refractivity contribution in [2.75, 3.05) is 13.2 Å². The minimum absolute atomic E-state index is 0.121. The van der Waals surface area contributed by atoms with Gasteiger partial charge in [-0.15, -0.1) is 0 Å². The first-order valence-electron chi connectivity index (χ1n) is 12.8. The first-order valence-corrected chi connectivity index (χ1v) is 13.2. The zero-order chi connectivity index (χ0) is 29.5. The number of nitro benzene ring substituents is 1. The highest BCUT2D eigenvalue weighted by Crippen LogP contribution is 2.60. The Morgan fingerprint density at radius 2 is 1.68 bits per heavy atom. The molecule has 0 unspecified atom stereocenters. The maximum absolute atomic E-state index is 14.5. The SMILES string of the molecule is CCOC(=O)C1(C(=O)OCC)N[C@H](c2cc([N+](=O)[O-])ccc2O)[C@]2(Oc3ccccc3C2=O)[C@@H]1c1ccc(Cl)cc1. The van der Waals surface area contributed by atoms with Crippen LogP contribution in [0.3, 0.4) is 0 Å². The van der Waals surface area contributed by atoms with E-state index in [0.29, 0.717) is 5.02 Å². The second kappa shape index (κ2) is 10.5. The molecule has 3 atom stereocenters. The molecular weight excluding hydrogens is 556 g/mol. The Labute approximate surface area is 239 Å². The number of rotatable bonds is 7. The van der Waals surface area contributed by atoms with Crippen LogP contribution in [0.2, 0.25) is 5.02 Å². The molecule has 12 heteroatoms. The van der Waals surface area contributed by atoms with E-state index in [9.17, 15) is 29.6 Å². The molecule has 2 aliphatic heterocycles. The number of Topliss-reactive ketones (excluding diaryl/α,β-unsaturated/α-hetero) is 1. The van der Waals surface area contributed by atoms with E-state index in [-0.39, 0.29) is 35.7 Å². The maximum Gasteiger partial charge on any atom is 0.338 e. The summed E-state index contributed by atoms with van der Waals surface area (Å²) in [5.41, 5.74) is -4.60. The lowest BCUT2D eigenvalue weighted by Gasteiger charge is -2.37. The number of nitro groups is 1. The summed E-state index contributed by atoms with van der Waals surface area (Å²) in [5.74, 6) is -4.45. The summed E-state index contributed by atoms with van der Waals surface area (Å²) in [5, 5.41) is 26.0. The molecule has 11 nitrogen and oxygen atoms in total. The summed E-state index contributed by atoms with van der Waals surface area (Å²) < 4.78 is 17.3. The summed E-state index contributed by atoms with van der Waals surface area (Å²) in [7, 11) is 0. The number of carbonyl (C=O) groups excluding carboxylic acids is 3. The third-order valence-corrected chi connectivity index (χ3v) is 7.61. The second-order valence-electron chi connectivity index (χ2n) is 9.53. The number of phenolic OH excluding ortho intramolecular Hbond substituents is 1. The quantitative estimate of drug-likeness (QED) is 0.179. The molecule has 212 valence electrons. The third-order valence-electron chi connectivity index (χ3n) is 7.36. The van der Waals surface area contributed by atoms with Crippen molar-refractivity contribution in [2.24, 2.45) is 0 Å². The van der Waals surface area contributed by atoms with Crippen molar-refractivity contribution in [1.29, 1.82) is 0 Å². The van der Waals surface area contributed by atoms with Crippen molar-refractivity contribution < 1.29 is 38.6 Å². The monoisotopic (exact) mass is 580 g/mol. The van der Waals surface area contributed by atoms with Crippen LogP contribution in [0.1, 0.15) is 47.3 Å². The number of halogens is 1. The average molecular weight is 581 g/mol. The Morgan fingerprint density at radius 3 is 2.27 bits per heavy atom. The lowest BCUT2D eigenvalue weighted by molar-refractivity contribution is -0.385. The van der Waals surface area contributed by atoms with Gasteiger partial charge >= 0.3 is 11.9 Å². The summed E-state index contributed by atoms with van der Waals surface area (Å²) >= 11 is 6.17. The second-order valence-corrected chi connectivity index (χ2v) is 9.97. The summed E-state index contributed by atoms with van der Waals surface area (Å²) in [6.07, 6.45) is 0. The molecule has 2 aliphatic rings. The number of nitrogens with zero attached hydrogens (tertiary/aromatic N) is 1. The fourth-order valence-electron chi connectivity index (χ4n) is 5.74. The van der Waals surface area contributed by atoms with Crippen LogP contribution in [-0.4, -0.2) is 52.1 Å². The molecule has 5 rings (SSSR count). The minimum atomic E-state index is -2.39. The van der Waals surface area contributed by atoms with E-state index in [1.807, 2.05) is 0 Å². The lowest BCUT2D eigenvalue weighted by Crippen LogP contribution is -2.61. The van der Waals surface area contributed by atoms with Gasteiger partial charge < -0.3 is 19.3 Å². The number of carbonyl (C=O) groups is 3. The smallest absolute Gasteiger partial charge is 0.338 e. The number of esters is 2. The van der Waals surface area contributed by atoms with Crippen molar-refractivity contribution in [3.63, 3.8) is 0 Å². The van der Waals surface area contributed by atoms with Gasteiger partial charge in [-0.1, -0.05) is 35.9 Å². The number of hydrogen-bond donors (Lipinski definition) is 2. The van der Waals surface area contributed by atoms with Gasteiger partial charge in [0.15, 0.2) is 0 Å². The number of hydrogen-bond acceptors (Lipinski definition) is 10. The molecule has 3 aromatic rings.